The average molecular weight is 348 g/mol. The van der Waals surface area contributed by atoms with Crippen molar-refractivity contribution >= 4 is 0 Å². The monoisotopic (exact) mass is 348 g/mol. The van der Waals surface area contributed by atoms with Gasteiger partial charge in [0.1, 0.15) is 12.2 Å². The molecule has 0 heterocycles. The molecule has 0 fully saturated rings. The molecule has 25 heavy (non-hydrogen) atoms. The molecule has 0 aromatic heterocycles. The average Bonchev–Trinajstić information content (AvgIpc) is 3.03. The highest BCUT2D eigenvalue weighted by Crippen LogP contribution is 2.45. The van der Waals surface area contributed by atoms with Crippen molar-refractivity contribution in [3.05, 3.63) is 83.4 Å². The molecular formula is C20H19F3O2. The smallest absolute Gasteiger partial charge is 0.389 e. The van der Waals surface area contributed by atoms with E-state index in [2.05, 4.69) is 0 Å². The third-order valence-electron chi connectivity index (χ3n) is 4.38. The van der Waals surface area contributed by atoms with Crippen LogP contribution in [-0.4, -0.2) is 24.0 Å². The lowest BCUT2D eigenvalue weighted by molar-refractivity contribution is -0.196. The molecule has 5 heteroatoms. The molecule has 2 aromatic rings. The van der Waals surface area contributed by atoms with Crippen LogP contribution in [0.15, 0.2) is 72.3 Å². The van der Waals surface area contributed by atoms with E-state index in [0.29, 0.717) is 29.5 Å². The Kier molecular flexibility index (Phi) is 4.97. The van der Waals surface area contributed by atoms with Gasteiger partial charge in [-0.1, -0.05) is 66.7 Å². The maximum atomic E-state index is 13.0. The Labute approximate surface area is 144 Å². The van der Waals surface area contributed by atoms with Crippen LogP contribution in [0.2, 0.25) is 0 Å². The number of alkyl halides is 3. The van der Waals surface area contributed by atoms with Crippen molar-refractivity contribution in [3.63, 3.8) is 0 Å². The Bertz CT molecular complexity index is 684. The van der Waals surface area contributed by atoms with Gasteiger partial charge in [-0.15, -0.1) is 0 Å². The van der Waals surface area contributed by atoms with Crippen LogP contribution >= 0.6 is 0 Å². The molecule has 0 aliphatic heterocycles. The van der Waals surface area contributed by atoms with Crippen LogP contribution in [0.1, 0.15) is 24.0 Å². The molecule has 0 spiro atoms. The fourth-order valence-corrected chi connectivity index (χ4v) is 3.35. The third-order valence-corrected chi connectivity index (χ3v) is 4.38. The molecule has 1 aliphatic carbocycles. The van der Waals surface area contributed by atoms with Crippen molar-refractivity contribution in [1.29, 1.82) is 0 Å². The second kappa shape index (κ2) is 7.02. The highest BCUT2D eigenvalue weighted by Gasteiger charge is 2.46. The van der Waals surface area contributed by atoms with Crippen LogP contribution in [0.25, 0.3) is 0 Å². The molecule has 132 valence electrons. The van der Waals surface area contributed by atoms with E-state index in [-0.39, 0.29) is 0 Å². The fraction of sp³-hybridized carbons (Fsp3) is 0.300. The quantitative estimate of drug-likeness (QED) is 0.801. The molecule has 3 rings (SSSR count). The number of rotatable bonds is 5. The minimum absolute atomic E-state index is 0.467. The maximum absolute atomic E-state index is 13.0. The Balaban J connectivity index is 2.20. The van der Waals surface area contributed by atoms with Crippen molar-refractivity contribution in [2.75, 3.05) is 6.61 Å². The molecule has 2 nitrogen and oxygen atoms in total. The summed E-state index contributed by atoms with van der Waals surface area (Å²) >= 11 is 0. The van der Waals surface area contributed by atoms with E-state index < -0.39 is 24.5 Å². The Morgan fingerprint density at radius 2 is 1.44 bits per heavy atom. The number of benzene rings is 2. The summed E-state index contributed by atoms with van der Waals surface area (Å²) in [6, 6.07) is 17.5. The van der Waals surface area contributed by atoms with Crippen molar-refractivity contribution in [1.82, 2.24) is 0 Å². The molecule has 1 aliphatic rings. The first kappa shape index (κ1) is 17.7. The van der Waals surface area contributed by atoms with Gasteiger partial charge in [0.2, 0.25) is 0 Å². The van der Waals surface area contributed by atoms with Crippen LogP contribution in [-0.2, 0) is 10.3 Å². The van der Waals surface area contributed by atoms with Gasteiger partial charge < -0.3 is 9.84 Å². The summed E-state index contributed by atoms with van der Waals surface area (Å²) in [6.45, 7) is -1.40. The van der Waals surface area contributed by atoms with Crippen molar-refractivity contribution in [2.45, 2.75) is 30.7 Å². The van der Waals surface area contributed by atoms with E-state index in [1.807, 2.05) is 0 Å². The molecule has 0 saturated heterocycles. The Morgan fingerprint density at radius 1 is 0.920 bits per heavy atom. The number of hydrogen-bond acceptors (Lipinski definition) is 2. The number of ether oxygens (including phenoxy) is 1. The number of hydrogen-bond donors (Lipinski definition) is 1. The minimum atomic E-state index is -4.47. The SMILES string of the molecule is O[C@@H]1CCC=C1C(OCC(F)(F)F)(c1ccccc1)c1ccccc1. The molecular weight excluding hydrogens is 329 g/mol. The standard InChI is InChI=1S/C20H19F3O2/c21-19(22,23)14-25-20(15-8-3-1-4-9-15,16-10-5-2-6-11-16)17-12-7-13-18(17)24/h1-6,8-12,18,24H,7,13-14H2/t18-/m1/s1. The predicted octanol–water partition coefficient (Wildman–Crippen LogP) is 4.59. The highest BCUT2D eigenvalue weighted by molar-refractivity contribution is 5.48. The topological polar surface area (TPSA) is 29.5 Å². The molecule has 0 saturated carbocycles. The third kappa shape index (κ3) is 3.62. The lowest BCUT2D eigenvalue weighted by Gasteiger charge is -2.38. The van der Waals surface area contributed by atoms with E-state index in [1.54, 1.807) is 66.7 Å². The van der Waals surface area contributed by atoms with Crippen LogP contribution in [0.5, 0.6) is 0 Å². The number of aliphatic hydroxyl groups excluding tert-OH is 1. The lowest BCUT2D eigenvalue weighted by Crippen LogP contribution is -2.40. The van der Waals surface area contributed by atoms with Gasteiger partial charge in [0.15, 0.2) is 0 Å². The summed E-state index contributed by atoms with van der Waals surface area (Å²) in [6.07, 6.45) is -2.44. The second-order valence-electron chi connectivity index (χ2n) is 6.07. The Hall–Kier alpha value is -2.11. The molecule has 1 N–H and O–H groups in total. The van der Waals surface area contributed by atoms with Crippen LogP contribution < -0.4 is 0 Å². The minimum Gasteiger partial charge on any atom is -0.389 e. The van der Waals surface area contributed by atoms with Gasteiger partial charge in [0, 0.05) is 0 Å². The van der Waals surface area contributed by atoms with Gasteiger partial charge >= 0.3 is 6.18 Å². The van der Waals surface area contributed by atoms with Crippen LogP contribution in [0.3, 0.4) is 0 Å². The van der Waals surface area contributed by atoms with Gasteiger partial charge in [0.05, 0.1) is 6.10 Å². The first-order chi connectivity index (χ1) is 11.9. The van der Waals surface area contributed by atoms with Crippen LogP contribution in [0, 0.1) is 0 Å². The van der Waals surface area contributed by atoms with Crippen molar-refractivity contribution < 1.29 is 23.0 Å². The van der Waals surface area contributed by atoms with E-state index in [1.165, 1.54) is 0 Å². The fourth-order valence-electron chi connectivity index (χ4n) is 3.35. The van der Waals surface area contributed by atoms with Gasteiger partial charge in [-0.05, 0) is 29.5 Å². The zero-order valence-corrected chi connectivity index (χ0v) is 13.5. The maximum Gasteiger partial charge on any atom is 0.411 e. The summed E-state index contributed by atoms with van der Waals surface area (Å²) in [7, 11) is 0. The molecule has 0 amide bonds. The largest absolute Gasteiger partial charge is 0.411 e. The molecule has 0 unspecified atom stereocenters. The lowest BCUT2D eigenvalue weighted by atomic mass is 9.78. The Morgan fingerprint density at radius 3 is 1.84 bits per heavy atom. The highest BCUT2D eigenvalue weighted by atomic mass is 19.4. The first-order valence-corrected chi connectivity index (χ1v) is 8.14. The van der Waals surface area contributed by atoms with E-state index >= 15 is 0 Å². The number of halogens is 3. The van der Waals surface area contributed by atoms with Gasteiger partial charge in [0.25, 0.3) is 0 Å². The number of allylic oxidation sites excluding steroid dienone is 1. The zero-order valence-electron chi connectivity index (χ0n) is 13.5. The summed E-state index contributed by atoms with van der Waals surface area (Å²) in [5.41, 5.74) is 0.137. The normalized spacial score (nSPS) is 18.2. The molecule has 0 bridgehead atoms. The molecule has 1 atom stereocenters. The summed E-state index contributed by atoms with van der Waals surface area (Å²) < 4.78 is 44.6. The number of aliphatic hydroxyl groups is 1. The van der Waals surface area contributed by atoms with E-state index in [9.17, 15) is 18.3 Å². The van der Waals surface area contributed by atoms with Gasteiger partial charge in [-0.25, -0.2) is 0 Å². The summed E-state index contributed by atoms with van der Waals surface area (Å²) in [4.78, 5) is 0. The molecule has 2 aromatic carbocycles. The summed E-state index contributed by atoms with van der Waals surface area (Å²) in [5.74, 6) is 0. The predicted molar refractivity (Wildman–Crippen MR) is 89.0 cm³/mol. The van der Waals surface area contributed by atoms with Gasteiger partial charge in [-0.2, -0.15) is 13.2 Å². The second-order valence-corrected chi connectivity index (χ2v) is 6.07. The van der Waals surface area contributed by atoms with E-state index in [4.69, 9.17) is 4.74 Å². The van der Waals surface area contributed by atoms with E-state index in [0.717, 1.165) is 0 Å². The molecule has 0 radical (unpaired) electrons. The van der Waals surface area contributed by atoms with Crippen LogP contribution in [0.4, 0.5) is 13.2 Å². The summed E-state index contributed by atoms with van der Waals surface area (Å²) in [5, 5.41) is 10.4. The van der Waals surface area contributed by atoms with Gasteiger partial charge in [-0.3, -0.25) is 0 Å². The first-order valence-electron chi connectivity index (χ1n) is 8.14. The zero-order chi connectivity index (χ0) is 17.9. The van der Waals surface area contributed by atoms with Crippen molar-refractivity contribution in [2.24, 2.45) is 0 Å². The van der Waals surface area contributed by atoms with Crippen molar-refractivity contribution in [3.8, 4) is 0 Å².